The van der Waals surface area contributed by atoms with Gasteiger partial charge in [0.05, 0.1) is 5.54 Å². The number of benzene rings is 1. The summed E-state index contributed by atoms with van der Waals surface area (Å²) in [6.45, 7) is 6.73. The van der Waals surface area contributed by atoms with Gasteiger partial charge in [0.15, 0.2) is 6.79 Å². The summed E-state index contributed by atoms with van der Waals surface area (Å²) in [5, 5.41) is 3.49. The predicted octanol–water partition coefficient (Wildman–Crippen LogP) is 3.28. The second-order valence-electron chi connectivity index (χ2n) is 4.93. The number of hydrogen-bond acceptors (Lipinski definition) is 3. The molecule has 3 heteroatoms. The fourth-order valence-corrected chi connectivity index (χ4v) is 2.18. The highest BCUT2D eigenvalue weighted by atomic mass is 16.7. The molecule has 1 aromatic rings. The fraction of sp³-hybridized carbons (Fsp3) is 0.429. The quantitative estimate of drug-likeness (QED) is 0.813. The van der Waals surface area contributed by atoms with Gasteiger partial charge >= 0.3 is 0 Å². The van der Waals surface area contributed by atoms with E-state index in [0.717, 1.165) is 11.4 Å². The van der Waals surface area contributed by atoms with Gasteiger partial charge in [-0.3, -0.25) is 0 Å². The molecule has 1 aliphatic rings. The molecule has 92 valence electrons. The van der Waals surface area contributed by atoms with Gasteiger partial charge in [-0.25, -0.2) is 0 Å². The van der Waals surface area contributed by atoms with Gasteiger partial charge < -0.3 is 14.8 Å². The molecule has 0 atom stereocenters. The summed E-state index contributed by atoms with van der Waals surface area (Å²) in [6, 6.07) is 6.06. The highest BCUT2D eigenvalue weighted by molar-refractivity contribution is 5.80. The molecule has 0 unspecified atom stereocenters. The van der Waals surface area contributed by atoms with Crippen molar-refractivity contribution >= 4 is 11.3 Å². The van der Waals surface area contributed by atoms with Crippen LogP contribution in [0.2, 0.25) is 0 Å². The first-order chi connectivity index (χ1) is 8.02. The Morgan fingerprint density at radius 3 is 2.76 bits per heavy atom. The lowest BCUT2D eigenvalue weighted by Gasteiger charge is -2.31. The summed E-state index contributed by atoms with van der Waals surface area (Å²) >= 11 is 0. The SMILES string of the molecule is COCOc1ccc2c(c1)C(C)=CC(C)(C)N2. The highest BCUT2D eigenvalue weighted by Gasteiger charge is 2.22. The van der Waals surface area contributed by atoms with Gasteiger partial charge in [0.25, 0.3) is 0 Å². The summed E-state index contributed by atoms with van der Waals surface area (Å²) in [5.74, 6) is 0.833. The van der Waals surface area contributed by atoms with Gasteiger partial charge in [-0.2, -0.15) is 0 Å². The minimum atomic E-state index is 0.00594. The first-order valence-electron chi connectivity index (χ1n) is 5.76. The first-order valence-corrected chi connectivity index (χ1v) is 5.76. The Morgan fingerprint density at radius 2 is 2.06 bits per heavy atom. The maximum atomic E-state index is 5.44. The van der Waals surface area contributed by atoms with Crippen LogP contribution in [-0.4, -0.2) is 19.4 Å². The molecule has 17 heavy (non-hydrogen) atoms. The first kappa shape index (κ1) is 12.0. The van der Waals surface area contributed by atoms with Crippen molar-refractivity contribution in [1.29, 1.82) is 0 Å². The molecule has 1 N–H and O–H groups in total. The fourth-order valence-electron chi connectivity index (χ4n) is 2.18. The van der Waals surface area contributed by atoms with E-state index in [-0.39, 0.29) is 12.3 Å². The maximum Gasteiger partial charge on any atom is 0.188 e. The molecule has 0 radical (unpaired) electrons. The van der Waals surface area contributed by atoms with E-state index in [1.54, 1.807) is 7.11 Å². The maximum absolute atomic E-state index is 5.44. The standard InChI is InChI=1S/C14H19NO2/c1-10-8-14(2,3)15-13-6-5-11(7-12(10)13)17-9-16-4/h5-8,15H,9H2,1-4H3. The van der Waals surface area contributed by atoms with Crippen molar-refractivity contribution < 1.29 is 9.47 Å². The van der Waals surface area contributed by atoms with Crippen molar-refractivity contribution in [2.24, 2.45) is 0 Å². The van der Waals surface area contributed by atoms with Crippen molar-refractivity contribution in [3.63, 3.8) is 0 Å². The van der Waals surface area contributed by atoms with Crippen LogP contribution in [0.3, 0.4) is 0 Å². The van der Waals surface area contributed by atoms with E-state index in [4.69, 9.17) is 9.47 Å². The van der Waals surface area contributed by atoms with E-state index < -0.39 is 0 Å². The van der Waals surface area contributed by atoms with Gasteiger partial charge in [-0.05, 0) is 44.5 Å². The van der Waals surface area contributed by atoms with E-state index in [9.17, 15) is 0 Å². The minimum Gasteiger partial charge on any atom is -0.468 e. The largest absolute Gasteiger partial charge is 0.468 e. The molecule has 0 aromatic heterocycles. The molecule has 0 saturated heterocycles. The number of allylic oxidation sites excluding steroid dienone is 1. The lowest BCUT2D eigenvalue weighted by Crippen LogP contribution is -2.31. The average Bonchev–Trinajstić information content (AvgIpc) is 2.25. The number of anilines is 1. The van der Waals surface area contributed by atoms with Crippen molar-refractivity contribution in [1.82, 2.24) is 0 Å². The van der Waals surface area contributed by atoms with Crippen LogP contribution >= 0.6 is 0 Å². The lowest BCUT2D eigenvalue weighted by molar-refractivity contribution is 0.0511. The third-order valence-electron chi connectivity index (χ3n) is 2.79. The number of nitrogens with one attached hydrogen (secondary N) is 1. The number of methoxy groups -OCH3 is 1. The Morgan fingerprint density at radius 1 is 1.29 bits per heavy atom. The van der Waals surface area contributed by atoms with Crippen LogP contribution in [0.1, 0.15) is 26.3 Å². The zero-order valence-corrected chi connectivity index (χ0v) is 10.8. The second-order valence-corrected chi connectivity index (χ2v) is 4.93. The number of fused-ring (bicyclic) bond motifs is 1. The number of rotatable bonds is 3. The summed E-state index contributed by atoms with van der Waals surface area (Å²) < 4.78 is 10.3. The molecule has 1 aromatic carbocycles. The molecule has 1 aliphatic heterocycles. The number of hydrogen-bond donors (Lipinski definition) is 1. The molecule has 0 saturated carbocycles. The van der Waals surface area contributed by atoms with Crippen molar-refractivity contribution in [3.05, 3.63) is 29.8 Å². The van der Waals surface area contributed by atoms with Crippen LogP contribution in [-0.2, 0) is 4.74 Å². The molecule has 0 fully saturated rings. The third kappa shape index (κ3) is 2.61. The Balaban J connectivity index is 2.31. The van der Waals surface area contributed by atoms with Crippen molar-refractivity contribution in [2.45, 2.75) is 26.3 Å². The molecule has 1 heterocycles. The molecular weight excluding hydrogens is 214 g/mol. The third-order valence-corrected chi connectivity index (χ3v) is 2.79. The zero-order valence-electron chi connectivity index (χ0n) is 10.8. The molecular formula is C14H19NO2. The van der Waals surface area contributed by atoms with E-state index in [1.165, 1.54) is 11.1 Å². The summed E-state index contributed by atoms with van der Waals surface area (Å²) in [5.41, 5.74) is 3.62. The van der Waals surface area contributed by atoms with Gasteiger partial charge in [-0.1, -0.05) is 6.08 Å². The second kappa shape index (κ2) is 4.41. The highest BCUT2D eigenvalue weighted by Crippen LogP contribution is 2.35. The smallest absolute Gasteiger partial charge is 0.188 e. The minimum absolute atomic E-state index is 0.00594. The molecule has 3 nitrogen and oxygen atoms in total. The Hall–Kier alpha value is -1.48. The van der Waals surface area contributed by atoms with Crippen LogP contribution in [0, 0.1) is 0 Å². The zero-order chi connectivity index (χ0) is 12.5. The van der Waals surface area contributed by atoms with Gasteiger partial charge in [-0.15, -0.1) is 0 Å². The number of ether oxygens (including phenoxy) is 2. The van der Waals surface area contributed by atoms with Gasteiger partial charge in [0.2, 0.25) is 0 Å². The normalized spacial score (nSPS) is 16.8. The van der Waals surface area contributed by atoms with E-state index >= 15 is 0 Å². The average molecular weight is 233 g/mol. The van der Waals surface area contributed by atoms with Crippen LogP contribution in [0.15, 0.2) is 24.3 Å². The Kier molecular flexibility index (Phi) is 3.11. The van der Waals surface area contributed by atoms with Crippen molar-refractivity contribution in [3.8, 4) is 5.75 Å². The van der Waals surface area contributed by atoms with E-state index in [1.807, 2.05) is 12.1 Å². The van der Waals surface area contributed by atoms with Crippen molar-refractivity contribution in [2.75, 3.05) is 19.2 Å². The van der Waals surface area contributed by atoms with Crippen LogP contribution in [0.5, 0.6) is 5.75 Å². The van der Waals surface area contributed by atoms with Gasteiger partial charge in [0, 0.05) is 18.4 Å². The van der Waals surface area contributed by atoms with E-state index in [2.05, 4.69) is 38.2 Å². The molecule has 0 aliphatic carbocycles. The lowest BCUT2D eigenvalue weighted by atomic mass is 9.91. The summed E-state index contributed by atoms with van der Waals surface area (Å²) in [4.78, 5) is 0. The Labute approximate surface area is 102 Å². The van der Waals surface area contributed by atoms with Crippen LogP contribution in [0.25, 0.3) is 5.57 Å². The Bertz CT molecular complexity index is 450. The molecule has 0 amide bonds. The van der Waals surface area contributed by atoms with Crippen LogP contribution in [0.4, 0.5) is 5.69 Å². The van der Waals surface area contributed by atoms with Gasteiger partial charge in [0.1, 0.15) is 5.75 Å². The summed E-state index contributed by atoms with van der Waals surface area (Å²) in [7, 11) is 1.62. The predicted molar refractivity (Wildman–Crippen MR) is 70.3 cm³/mol. The molecule has 0 bridgehead atoms. The summed E-state index contributed by atoms with van der Waals surface area (Å²) in [6.07, 6.45) is 2.23. The topological polar surface area (TPSA) is 30.5 Å². The van der Waals surface area contributed by atoms with Crippen LogP contribution < -0.4 is 10.1 Å². The van der Waals surface area contributed by atoms with E-state index in [0.29, 0.717) is 0 Å². The molecule has 0 spiro atoms. The molecule has 2 rings (SSSR count). The monoisotopic (exact) mass is 233 g/mol.